The van der Waals surface area contributed by atoms with Crippen molar-refractivity contribution in [2.45, 2.75) is 32.9 Å². The van der Waals surface area contributed by atoms with Crippen molar-refractivity contribution in [3.8, 4) is 5.75 Å². The number of nitrogens with one attached hydrogen (secondary N) is 1. The predicted octanol–water partition coefficient (Wildman–Crippen LogP) is 3.95. The lowest BCUT2D eigenvalue weighted by Crippen LogP contribution is -2.27. The molecule has 0 aliphatic carbocycles. The second kappa shape index (κ2) is 7.79. The molecule has 1 unspecified atom stereocenters. The van der Waals surface area contributed by atoms with Gasteiger partial charge < -0.3 is 10.1 Å². The zero-order valence-corrected chi connectivity index (χ0v) is 12.6. The van der Waals surface area contributed by atoms with Gasteiger partial charge in [0.1, 0.15) is 11.6 Å². The van der Waals surface area contributed by atoms with Gasteiger partial charge in [0.15, 0.2) is 0 Å². The van der Waals surface area contributed by atoms with Crippen LogP contribution in [-0.4, -0.2) is 12.6 Å². The quantitative estimate of drug-likeness (QED) is 0.832. The Morgan fingerprint density at radius 1 is 1.14 bits per heavy atom. The summed E-state index contributed by atoms with van der Waals surface area (Å²) in [4.78, 5) is 0. The summed E-state index contributed by atoms with van der Waals surface area (Å²) in [5.41, 5.74) is 1.92. The van der Waals surface area contributed by atoms with Gasteiger partial charge >= 0.3 is 0 Å². The molecular weight excluding hydrogens is 265 g/mol. The Balaban J connectivity index is 1.88. The molecule has 21 heavy (non-hydrogen) atoms. The Morgan fingerprint density at radius 2 is 1.95 bits per heavy atom. The lowest BCUT2D eigenvalue weighted by molar-refractivity contribution is 0.339. The molecule has 0 bridgehead atoms. The van der Waals surface area contributed by atoms with E-state index in [9.17, 15) is 4.39 Å². The summed E-state index contributed by atoms with van der Waals surface area (Å²) in [7, 11) is 0. The summed E-state index contributed by atoms with van der Waals surface area (Å²) in [5.74, 6) is 0.753. The molecule has 1 N–H and O–H groups in total. The first-order valence-corrected chi connectivity index (χ1v) is 7.37. The van der Waals surface area contributed by atoms with Crippen LogP contribution in [0.5, 0.6) is 5.75 Å². The molecule has 0 heterocycles. The van der Waals surface area contributed by atoms with E-state index in [4.69, 9.17) is 4.74 Å². The molecule has 2 rings (SSSR count). The van der Waals surface area contributed by atoms with Crippen LogP contribution in [0.2, 0.25) is 0 Å². The fraction of sp³-hybridized carbons (Fsp3) is 0.333. The van der Waals surface area contributed by atoms with Crippen molar-refractivity contribution in [3.05, 3.63) is 65.5 Å². The molecular formula is C18H22FNO. The summed E-state index contributed by atoms with van der Waals surface area (Å²) in [5, 5.41) is 3.42. The highest BCUT2D eigenvalue weighted by Gasteiger charge is 2.07. The summed E-state index contributed by atoms with van der Waals surface area (Å²) >= 11 is 0. The number of benzene rings is 2. The number of hydrogen-bond acceptors (Lipinski definition) is 2. The van der Waals surface area contributed by atoms with Crippen molar-refractivity contribution in [2.75, 3.05) is 6.61 Å². The van der Waals surface area contributed by atoms with Gasteiger partial charge in [0.25, 0.3) is 0 Å². The molecule has 0 fully saturated rings. The maximum atomic E-state index is 13.6. The van der Waals surface area contributed by atoms with Gasteiger partial charge in [-0.15, -0.1) is 0 Å². The molecule has 2 nitrogen and oxygen atoms in total. The van der Waals surface area contributed by atoms with Gasteiger partial charge in [-0.3, -0.25) is 0 Å². The Hall–Kier alpha value is -1.87. The van der Waals surface area contributed by atoms with Crippen LogP contribution < -0.4 is 10.1 Å². The minimum Gasteiger partial charge on any atom is -0.494 e. The lowest BCUT2D eigenvalue weighted by atomic mass is 10.1. The molecule has 0 spiro atoms. The topological polar surface area (TPSA) is 21.3 Å². The molecule has 0 aliphatic rings. The molecule has 112 valence electrons. The summed E-state index contributed by atoms with van der Waals surface area (Å²) in [6.45, 7) is 5.46. The first kappa shape index (κ1) is 15.5. The van der Waals surface area contributed by atoms with Gasteiger partial charge in [0.2, 0.25) is 0 Å². The van der Waals surface area contributed by atoms with E-state index >= 15 is 0 Å². The van der Waals surface area contributed by atoms with Crippen LogP contribution >= 0.6 is 0 Å². The third-order valence-electron chi connectivity index (χ3n) is 3.35. The fourth-order valence-corrected chi connectivity index (χ4v) is 2.27. The van der Waals surface area contributed by atoms with Gasteiger partial charge in [-0.25, -0.2) is 4.39 Å². The monoisotopic (exact) mass is 287 g/mol. The van der Waals surface area contributed by atoms with Gasteiger partial charge in [-0.05, 0) is 49.6 Å². The van der Waals surface area contributed by atoms with Crippen LogP contribution in [0.3, 0.4) is 0 Å². The average Bonchev–Trinajstić information content (AvgIpc) is 2.48. The van der Waals surface area contributed by atoms with E-state index < -0.39 is 0 Å². The summed E-state index contributed by atoms with van der Waals surface area (Å²) < 4.78 is 19.1. The molecule has 0 radical (unpaired) electrons. The second-order valence-electron chi connectivity index (χ2n) is 5.16. The molecule has 2 aromatic carbocycles. The van der Waals surface area contributed by atoms with Crippen molar-refractivity contribution in [1.82, 2.24) is 5.32 Å². The van der Waals surface area contributed by atoms with E-state index in [2.05, 4.69) is 18.3 Å². The van der Waals surface area contributed by atoms with E-state index in [1.807, 2.05) is 37.3 Å². The zero-order chi connectivity index (χ0) is 15.1. The summed E-state index contributed by atoms with van der Waals surface area (Å²) in [6, 6.07) is 15.2. The zero-order valence-electron chi connectivity index (χ0n) is 12.6. The number of rotatable bonds is 7. The van der Waals surface area contributed by atoms with E-state index in [-0.39, 0.29) is 11.9 Å². The van der Waals surface area contributed by atoms with Crippen molar-refractivity contribution in [1.29, 1.82) is 0 Å². The van der Waals surface area contributed by atoms with E-state index in [0.29, 0.717) is 13.0 Å². The summed E-state index contributed by atoms with van der Waals surface area (Å²) in [6.07, 6.45) is 0.678. The Kier molecular flexibility index (Phi) is 5.76. The molecule has 2 aromatic rings. The maximum absolute atomic E-state index is 13.6. The Labute approximate surface area is 126 Å². The van der Waals surface area contributed by atoms with Crippen molar-refractivity contribution < 1.29 is 9.13 Å². The maximum Gasteiger partial charge on any atom is 0.126 e. The third-order valence-corrected chi connectivity index (χ3v) is 3.35. The molecule has 3 heteroatoms. The van der Waals surface area contributed by atoms with Gasteiger partial charge in [0.05, 0.1) is 6.61 Å². The van der Waals surface area contributed by atoms with Crippen molar-refractivity contribution >= 4 is 0 Å². The first-order chi connectivity index (χ1) is 10.2. The van der Waals surface area contributed by atoms with Crippen molar-refractivity contribution in [2.24, 2.45) is 0 Å². The van der Waals surface area contributed by atoms with Crippen LogP contribution in [0.4, 0.5) is 4.39 Å². The normalized spacial score (nSPS) is 12.1. The SMILES string of the molecule is CCOc1cccc(CNC(C)Cc2ccccc2F)c1. The van der Waals surface area contributed by atoms with E-state index in [1.165, 1.54) is 11.6 Å². The molecule has 0 amide bonds. The van der Waals surface area contributed by atoms with Crippen LogP contribution in [0.25, 0.3) is 0 Å². The molecule has 0 saturated carbocycles. The highest BCUT2D eigenvalue weighted by Crippen LogP contribution is 2.14. The fourth-order valence-electron chi connectivity index (χ4n) is 2.27. The molecule has 0 aromatic heterocycles. The molecule has 1 atom stereocenters. The molecule has 0 saturated heterocycles. The van der Waals surface area contributed by atoms with Gasteiger partial charge in [0, 0.05) is 12.6 Å². The number of ether oxygens (including phenoxy) is 1. The third kappa shape index (κ3) is 4.87. The standard InChI is InChI=1S/C18H22FNO/c1-3-21-17-9-6-7-15(12-17)13-20-14(2)11-16-8-4-5-10-18(16)19/h4-10,12,14,20H,3,11,13H2,1-2H3. The minimum atomic E-state index is -0.135. The van der Waals surface area contributed by atoms with Crippen LogP contribution in [0.1, 0.15) is 25.0 Å². The first-order valence-electron chi connectivity index (χ1n) is 7.37. The van der Waals surface area contributed by atoms with Gasteiger partial charge in [-0.1, -0.05) is 30.3 Å². The Bertz CT molecular complexity index is 571. The Morgan fingerprint density at radius 3 is 2.71 bits per heavy atom. The highest BCUT2D eigenvalue weighted by molar-refractivity contribution is 5.28. The van der Waals surface area contributed by atoms with E-state index in [1.54, 1.807) is 6.07 Å². The van der Waals surface area contributed by atoms with Crippen molar-refractivity contribution in [3.63, 3.8) is 0 Å². The highest BCUT2D eigenvalue weighted by atomic mass is 19.1. The number of halogens is 1. The average molecular weight is 287 g/mol. The predicted molar refractivity (Wildman–Crippen MR) is 84.0 cm³/mol. The second-order valence-corrected chi connectivity index (χ2v) is 5.16. The van der Waals surface area contributed by atoms with Gasteiger partial charge in [-0.2, -0.15) is 0 Å². The van der Waals surface area contributed by atoms with E-state index in [0.717, 1.165) is 17.9 Å². The molecule has 0 aliphatic heterocycles. The van der Waals surface area contributed by atoms with Crippen LogP contribution in [0, 0.1) is 5.82 Å². The largest absolute Gasteiger partial charge is 0.494 e. The lowest BCUT2D eigenvalue weighted by Gasteiger charge is -2.15. The minimum absolute atomic E-state index is 0.135. The van der Waals surface area contributed by atoms with Crippen LogP contribution in [-0.2, 0) is 13.0 Å². The smallest absolute Gasteiger partial charge is 0.126 e. The van der Waals surface area contributed by atoms with Crippen LogP contribution in [0.15, 0.2) is 48.5 Å². The number of hydrogen-bond donors (Lipinski definition) is 1.